The Morgan fingerprint density at radius 2 is 2.00 bits per heavy atom. The van der Waals surface area contributed by atoms with Gasteiger partial charge in [-0.05, 0) is 17.5 Å². The minimum Gasteiger partial charge on any atom is -0.353 e. The number of halogens is 1. The second-order valence-electron chi connectivity index (χ2n) is 4.76. The molecule has 4 heteroatoms. The van der Waals surface area contributed by atoms with Crippen LogP contribution in [0.4, 0.5) is 0 Å². The van der Waals surface area contributed by atoms with E-state index >= 15 is 0 Å². The van der Waals surface area contributed by atoms with E-state index in [1.54, 1.807) is 0 Å². The molecule has 0 saturated heterocycles. The van der Waals surface area contributed by atoms with Crippen molar-refractivity contribution in [3.63, 3.8) is 0 Å². The number of hydrogen-bond donors (Lipinski definition) is 0. The molecule has 0 aliphatic carbocycles. The molecular weight excluding hydrogens is 246 g/mol. The Hall–Kier alpha value is -1.48. The Bertz CT molecular complexity index is 522. The molecular formula is C14H16ClN3. The minimum absolute atomic E-state index is 0.599. The molecule has 2 aliphatic heterocycles. The molecule has 2 aliphatic rings. The first-order valence-electron chi connectivity index (χ1n) is 6.18. The lowest BCUT2D eigenvalue weighted by Gasteiger charge is -2.37. The van der Waals surface area contributed by atoms with Gasteiger partial charge in [0.1, 0.15) is 17.7 Å². The van der Waals surface area contributed by atoms with Crippen LogP contribution in [0.15, 0.2) is 41.2 Å². The third-order valence-corrected chi connectivity index (χ3v) is 3.76. The molecule has 0 N–H and O–H groups in total. The van der Waals surface area contributed by atoms with Crippen molar-refractivity contribution < 1.29 is 0 Å². The minimum atomic E-state index is 0.599. The van der Waals surface area contributed by atoms with Crippen LogP contribution in [0.2, 0.25) is 0 Å². The predicted octanol–water partition coefficient (Wildman–Crippen LogP) is 2.43. The van der Waals surface area contributed by atoms with Crippen LogP contribution in [-0.4, -0.2) is 35.2 Å². The predicted molar refractivity (Wildman–Crippen MR) is 74.6 cm³/mol. The third-order valence-electron chi connectivity index (χ3n) is 3.53. The van der Waals surface area contributed by atoms with E-state index in [1.807, 2.05) is 6.08 Å². The zero-order valence-corrected chi connectivity index (χ0v) is 11.2. The maximum Gasteiger partial charge on any atom is 0.129 e. The summed E-state index contributed by atoms with van der Waals surface area (Å²) in [7, 11) is 2.05. The van der Waals surface area contributed by atoms with Crippen molar-refractivity contribution in [2.75, 3.05) is 20.3 Å². The first-order valence-corrected chi connectivity index (χ1v) is 6.56. The van der Waals surface area contributed by atoms with Crippen LogP contribution in [0, 0.1) is 0 Å². The number of benzene rings is 1. The van der Waals surface area contributed by atoms with Gasteiger partial charge in [0.25, 0.3) is 0 Å². The van der Waals surface area contributed by atoms with E-state index in [1.165, 1.54) is 16.9 Å². The molecule has 3 nitrogen and oxygen atoms in total. The maximum atomic E-state index is 6.02. The fourth-order valence-corrected chi connectivity index (χ4v) is 2.68. The van der Waals surface area contributed by atoms with Gasteiger partial charge in [0.2, 0.25) is 0 Å². The molecule has 0 spiro atoms. The Morgan fingerprint density at radius 3 is 2.83 bits per heavy atom. The number of aliphatic imine (C=N–C) groups is 1. The molecule has 1 aromatic rings. The number of fused-ring (bicyclic) bond motifs is 1. The average molecular weight is 262 g/mol. The fraction of sp³-hybridized carbons (Fsp3) is 0.357. The normalized spacial score (nSPS) is 19.2. The van der Waals surface area contributed by atoms with E-state index in [9.17, 15) is 0 Å². The van der Waals surface area contributed by atoms with E-state index in [0.717, 1.165) is 19.5 Å². The second kappa shape index (κ2) is 4.65. The standard InChI is InChI=1S/C14H16ClN3/c1-17-10-16-13(15)8-14(17)18-7-6-11-4-2-3-5-12(11)9-18/h2-5,8H,6-7,9-10H2,1H3. The van der Waals surface area contributed by atoms with Crippen LogP contribution in [0.5, 0.6) is 0 Å². The molecule has 2 heterocycles. The summed E-state index contributed by atoms with van der Waals surface area (Å²) < 4.78 is 0. The van der Waals surface area contributed by atoms with E-state index < -0.39 is 0 Å². The molecule has 0 unspecified atom stereocenters. The summed E-state index contributed by atoms with van der Waals surface area (Å²) in [4.78, 5) is 8.72. The first kappa shape index (κ1) is 11.6. The molecule has 0 fully saturated rings. The topological polar surface area (TPSA) is 18.8 Å². The van der Waals surface area contributed by atoms with Gasteiger partial charge in [0.05, 0.1) is 0 Å². The van der Waals surface area contributed by atoms with Gasteiger partial charge in [-0.3, -0.25) is 4.99 Å². The van der Waals surface area contributed by atoms with Gasteiger partial charge in [-0.1, -0.05) is 35.9 Å². The van der Waals surface area contributed by atoms with Crippen molar-refractivity contribution >= 4 is 16.8 Å². The van der Waals surface area contributed by atoms with Gasteiger partial charge in [-0.2, -0.15) is 0 Å². The summed E-state index contributed by atoms with van der Waals surface area (Å²) in [5.41, 5.74) is 2.88. The molecule has 0 saturated carbocycles. The Labute approximate surface area is 112 Å². The van der Waals surface area contributed by atoms with Gasteiger partial charge in [0.15, 0.2) is 0 Å². The molecule has 94 valence electrons. The van der Waals surface area contributed by atoms with Crippen molar-refractivity contribution in [2.45, 2.75) is 13.0 Å². The zero-order chi connectivity index (χ0) is 12.5. The van der Waals surface area contributed by atoms with Gasteiger partial charge in [-0.25, -0.2) is 0 Å². The summed E-state index contributed by atoms with van der Waals surface area (Å²) in [6.45, 7) is 2.64. The molecule has 0 amide bonds. The third kappa shape index (κ3) is 2.10. The lowest BCUT2D eigenvalue weighted by Crippen LogP contribution is -2.38. The van der Waals surface area contributed by atoms with Gasteiger partial charge in [0, 0.05) is 26.2 Å². The van der Waals surface area contributed by atoms with Crippen molar-refractivity contribution in [1.82, 2.24) is 9.80 Å². The Kier molecular flexibility index (Phi) is 3.00. The molecule has 0 aromatic heterocycles. The molecule has 18 heavy (non-hydrogen) atoms. The smallest absolute Gasteiger partial charge is 0.129 e. The highest BCUT2D eigenvalue weighted by Crippen LogP contribution is 2.24. The Morgan fingerprint density at radius 1 is 1.22 bits per heavy atom. The number of nitrogens with zero attached hydrogens (tertiary/aromatic N) is 3. The SMILES string of the molecule is CN1CN=C(Cl)C=C1N1CCc2ccccc2C1. The second-order valence-corrected chi connectivity index (χ2v) is 5.15. The molecule has 3 rings (SSSR count). The summed E-state index contributed by atoms with van der Waals surface area (Å²) >= 11 is 6.02. The highest BCUT2D eigenvalue weighted by Gasteiger charge is 2.21. The van der Waals surface area contributed by atoms with Crippen molar-refractivity contribution in [1.29, 1.82) is 0 Å². The monoisotopic (exact) mass is 261 g/mol. The molecule has 0 atom stereocenters. The van der Waals surface area contributed by atoms with Crippen LogP contribution in [0.1, 0.15) is 11.1 Å². The Balaban J connectivity index is 1.86. The number of rotatable bonds is 1. The van der Waals surface area contributed by atoms with Gasteiger partial charge in [-0.15, -0.1) is 0 Å². The maximum absolute atomic E-state index is 6.02. The van der Waals surface area contributed by atoms with Gasteiger partial charge < -0.3 is 9.80 Å². The molecule has 0 radical (unpaired) electrons. The van der Waals surface area contributed by atoms with Crippen LogP contribution >= 0.6 is 11.6 Å². The van der Waals surface area contributed by atoms with E-state index in [-0.39, 0.29) is 0 Å². The van der Waals surface area contributed by atoms with E-state index in [4.69, 9.17) is 11.6 Å². The largest absolute Gasteiger partial charge is 0.353 e. The van der Waals surface area contributed by atoms with Crippen molar-refractivity contribution in [3.05, 3.63) is 47.3 Å². The van der Waals surface area contributed by atoms with Crippen molar-refractivity contribution in [3.8, 4) is 0 Å². The quantitative estimate of drug-likeness (QED) is 0.773. The number of hydrogen-bond acceptors (Lipinski definition) is 3. The zero-order valence-electron chi connectivity index (χ0n) is 10.4. The van der Waals surface area contributed by atoms with E-state index in [0.29, 0.717) is 11.8 Å². The lowest BCUT2D eigenvalue weighted by atomic mass is 10.00. The molecule has 1 aromatic carbocycles. The van der Waals surface area contributed by atoms with Crippen molar-refractivity contribution in [2.24, 2.45) is 4.99 Å². The summed E-state index contributed by atoms with van der Waals surface area (Å²) in [6, 6.07) is 8.65. The summed E-state index contributed by atoms with van der Waals surface area (Å²) in [5, 5.41) is 0.599. The first-order chi connectivity index (χ1) is 8.74. The average Bonchev–Trinajstić information content (AvgIpc) is 2.41. The van der Waals surface area contributed by atoms with Crippen LogP contribution in [0.3, 0.4) is 0 Å². The molecule has 0 bridgehead atoms. The van der Waals surface area contributed by atoms with Crippen LogP contribution < -0.4 is 0 Å². The summed E-state index contributed by atoms with van der Waals surface area (Å²) in [5.74, 6) is 1.17. The number of allylic oxidation sites excluding steroid dienone is 1. The fourth-order valence-electron chi connectivity index (χ4n) is 2.53. The highest BCUT2D eigenvalue weighted by molar-refractivity contribution is 6.68. The summed E-state index contributed by atoms with van der Waals surface area (Å²) in [6.07, 6.45) is 3.05. The van der Waals surface area contributed by atoms with Gasteiger partial charge >= 0.3 is 0 Å². The van der Waals surface area contributed by atoms with Crippen LogP contribution in [0.25, 0.3) is 0 Å². The van der Waals surface area contributed by atoms with Crippen LogP contribution in [-0.2, 0) is 13.0 Å². The highest BCUT2D eigenvalue weighted by atomic mass is 35.5. The van der Waals surface area contributed by atoms with E-state index in [2.05, 4.69) is 46.1 Å². The lowest BCUT2D eigenvalue weighted by molar-refractivity contribution is 0.222.